The van der Waals surface area contributed by atoms with E-state index in [2.05, 4.69) is 20.5 Å². The van der Waals surface area contributed by atoms with E-state index in [0.717, 1.165) is 35.0 Å². The van der Waals surface area contributed by atoms with Crippen molar-refractivity contribution in [2.24, 2.45) is 4.99 Å². The van der Waals surface area contributed by atoms with Gasteiger partial charge in [-0.25, -0.2) is 14.4 Å². The molecule has 0 amide bonds. The molecule has 0 aliphatic heterocycles. The van der Waals surface area contributed by atoms with Crippen molar-refractivity contribution in [2.45, 2.75) is 20.0 Å². The summed E-state index contributed by atoms with van der Waals surface area (Å²) in [6, 6.07) is 14.6. The lowest BCUT2D eigenvalue weighted by Gasteiger charge is -2.22. The van der Waals surface area contributed by atoms with Crippen molar-refractivity contribution in [3.05, 3.63) is 71.8 Å². The Morgan fingerprint density at radius 1 is 1.19 bits per heavy atom. The number of halogens is 1. The molecule has 1 aromatic heterocycles. The predicted octanol–water partition coefficient (Wildman–Crippen LogP) is 3.21. The third kappa shape index (κ3) is 5.13. The van der Waals surface area contributed by atoms with Crippen LogP contribution in [0.15, 0.2) is 59.9 Å². The number of aromatic nitrogens is 3. The third-order valence-corrected chi connectivity index (χ3v) is 4.06. The highest BCUT2D eigenvalue weighted by Crippen LogP contribution is 2.16. The highest BCUT2D eigenvalue weighted by molar-refractivity contribution is 5.79. The molecular formula is C20H23FN6. The molecule has 6 nitrogen and oxygen atoms in total. The molecule has 0 fully saturated rings. The highest BCUT2D eigenvalue weighted by atomic mass is 19.1. The molecule has 2 N–H and O–H groups in total. The second-order valence-electron chi connectivity index (χ2n) is 6.19. The first-order valence-electron chi connectivity index (χ1n) is 8.84. The van der Waals surface area contributed by atoms with Gasteiger partial charge in [0.2, 0.25) is 0 Å². The van der Waals surface area contributed by atoms with Gasteiger partial charge in [0.1, 0.15) is 12.1 Å². The minimum atomic E-state index is -0.228. The van der Waals surface area contributed by atoms with Crippen LogP contribution in [0.5, 0.6) is 0 Å². The van der Waals surface area contributed by atoms with Gasteiger partial charge < -0.3 is 10.2 Å². The van der Waals surface area contributed by atoms with Crippen molar-refractivity contribution in [2.75, 3.05) is 13.6 Å². The number of hydrogen-bond donors (Lipinski definition) is 2. The summed E-state index contributed by atoms with van der Waals surface area (Å²) in [5.74, 6) is 1.31. The van der Waals surface area contributed by atoms with E-state index in [9.17, 15) is 4.39 Å². The van der Waals surface area contributed by atoms with Crippen LogP contribution in [0.1, 0.15) is 18.1 Å². The van der Waals surface area contributed by atoms with Gasteiger partial charge in [-0.1, -0.05) is 30.3 Å². The van der Waals surface area contributed by atoms with Crippen LogP contribution in [0.3, 0.4) is 0 Å². The molecule has 0 spiro atoms. The number of nitrogens with one attached hydrogen (secondary N) is 2. The Labute approximate surface area is 158 Å². The van der Waals surface area contributed by atoms with Gasteiger partial charge in [-0.15, -0.1) is 0 Å². The van der Waals surface area contributed by atoms with Gasteiger partial charge in [0.05, 0.1) is 6.54 Å². The number of benzene rings is 2. The summed E-state index contributed by atoms with van der Waals surface area (Å²) in [7, 11) is 1.97. The van der Waals surface area contributed by atoms with Gasteiger partial charge in [0.25, 0.3) is 0 Å². The van der Waals surface area contributed by atoms with Gasteiger partial charge in [-0.3, -0.25) is 5.10 Å². The summed E-state index contributed by atoms with van der Waals surface area (Å²) in [6.07, 6.45) is 1.49. The lowest BCUT2D eigenvalue weighted by atomic mass is 10.1. The molecule has 0 saturated carbocycles. The van der Waals surface area contributed by atoms with Crippen LogP contribution in [0, 0.1) is 5.82 Å². The zero-order valence-electron chi connectivity index (χ0n) is 15.5. The van der Waals surface area contributed by atoms with Crippen molar-refractivity contribution in [3.8, 4) is 11.4 Å². The minimum Gasteiger partial charge on any atom is -0.357 e. The number of nitrogens with zero attached hydrogens (tertiary/aromatic N) is 4. The number of hydrogen-bond acceptors (Lipinski definition) is 3. The second kappa shape index (κ2) is 8.93. The normalized spacial score (nSPS) is 11.4. The van der Waals surface area contributed by atoms with Crippen molar-refractivity contribution >= 4 is 5.96 Å². The molecule has 0 aliphatic carbocycles. The molecule has 2 aromatic carbocycles. The summed E-state index contributed by atoms with van der Waals surface area (Å²) in [5.41, 5.74) is 3.08. The Bertz CT molecular complexity index is 874. The quantitative estimate of drug-likeness (QED) is 0.519. The van der Waals surface area contributed by atoms with Crippen molar-refractivity contribution in [1.29, 1.82) is 0 Å². The zero-order chi connectivity index (χ0) is 19.1. The summed E-state index contributed by atoms with van der Waals surface area (Å²) in [4.78, 5) is 10.9. The summed E-state index contributed by atoms with van der Waals surface area (Å²) in [5, 5.41) is 10.1. The Morgan fingerprint density at radius 3 is 2.70 bits per heavy atom. The maximum absolute atomic E-state index is 13.1. The van der Waals surface area contributed by atoms with Crippen LogP contribution >= 0.6 is 0 Å². The van der Waals surface area contributed by atoms with Crippen LogP contribution < -0.4 is 5.32 Å². The lowest BCUT2D eigenvalue weighted by molar-refractivity contribution is 0.476. The minimum absolute atomic E-state index is 0.228. The van der Waals surface area contributed by atoms with Gasteiger partial charge in [-0.2, -0.15) is 5.10 Å². The molecule has 0 unspecified atom stereocenters. The first-order valence-corrected chi connectivity index (χ1v) is 8.84. The maximum atomic E-state index is 13.1. The van der Waals surface area contributed by atoms with E-state index in [0.29, 0.717) is 13.1 Å². The maximum Gasteiger partial charge on any atom is 0.194 e. The first kappa shape index (κ1) is 18.6. The summed E-state index contributed by atoms with van der Waals surface area (Å²) < 4.78 is 13.1. The number of guanidine groups is 1. The Kier molecular flexibility index (Phi) is 6.14. The largest absolute Gasteiger partial charge is 0.357 e. The van der Waals surface area contributed by atoms with Gasteiger partial charge in [0.15, 0.2) is 11.8 Å². The first-order chi connectivity index (χ1) is 13.2. The topological polar surface area (TPSA) is 69.2 Å². The van der Waals surface area contributed by atoms with Gasteiger partial charge in [0, 0.05) is 25.7 Å². The molecule has 0 bridgehead atoms. The van der Waals surface area contributed by atoms with E-state index in [-0.39, 0.29) is 5.82 Å². The van der Waals surface area contributed by atoms with E-state index in [1.54, 1.807) is 12.1 Å². The fourth-order valence-corrected chi connectivity index (χ4v) is 2.74. The smallest absolute Gasteiger partial charge is 0.194 e. The molecule has 3 rings (SSSR count). The fourth-order valence-electron chi connectivity index (χ4n) is 2.74. The summed E-state index contributed by atoms with van der Waals surface area (Å²) >= 11 is 0. The Hall–Kier alpha value is -3.22. The van der Waals surface area contributed by atoms with Crippen LogP contribution in [0.25, 0.3) is 11.4 Å². The average molecular weight is 366 g/mol. The van der Waals surface area contributed by atoms with Crippen molar-refractivity contribution in [3.63, 3.8) is 0 Å². The predicted molar refractivity (Wildman–Crippen MR) is 105 cm³/mol. The van der Waals surface area contributed by atoms with Crippen molar-refractivity contribution < 1.29 is 4.39 Å². The standard InChI is InChI=1S/C20H23FN6/c1-3-22-20(27(2)13-15-7-9-18(21)10-8-15)23-12-16-5-4-6-17(11-16)19-24-14-25-26-19/h4-11,14H,3,12-13H2,1-2H3,(H,22,23)(H,24,25,26). The number of aromatic amines is 1. The Balaban J connectivity index is 1.71. The lowest BCUT2D eigenvalue weighted by Crippen LogP contribution is -2.38. The van der Waals surface area contributed by atoms with E-state index in [4.69, 9.17) is 4.99 Å². The molecule has 0 saturated heterocycles. The zero-order valence-corrected chi connectivity index (χ0v) is 15.5. The third-order valence-electron chi connectivity index (χ3n) is 4.06. The van der Waals surface area contributed by atoms with Gasteiger partial charge in [-0.05, 0) is 36.2 Å². The molecular weight excluding hydrogens is 343 g/mol. The number of H-pyrrole nitrogens is 1. The average Bonchev–Trinajstić information content (AvgIpc) is 3.22. The van der Waals surface area contributed by atoms with Crippen molar-refractivity contribution in [1.82, 2.24) is 25.4 Å². The number of rotatable bonds is 6. The van der Waals surface area contributed by atoms with Gasteiger partial charge >= 0.3 is 0 Å². The molecule has 3 aromatic rings. The molecule has 140 valence electrons. The van der Waals surface area contributed by atoms with Crippen LogP contribution in [-0.4, -0.2) is 39.6 Å². The van der Waals surface area contributed by atoms with Crippen LogP contribution in [0.2, 0.25) is 0 Å². The van der Waals surface area contributed by atoms with Crippen LogP contribution in [0.4, 0.5) is 4.39 Å². The van der Waals surface area contributed by atoms with E-state index in [1.165, 1.54) is 18.5 Å². The van der Waals surface area contributed by atoms with E-state index in [1.807, 2.05) is 43.1 Å². The molecule has 7 heteroatoms. The summed E-state index contributed by atoms with van der Waals surface area (Å²) in [6.45, 7) is 3.98. The van der Waals surface area contributed by atoms with E-state index >= 15 is 0 Å². The molecule has 0 aliphatic rings. The highest BCUT2D eigenvalue weighted by Gasteiger charge is 2.07. The van der Waals surface area contributed by atoms with Crippen LogP contribution in [-0.2, 0) is 13.1 Å². The molecule has 0 radical (unpaired) electrons. The monoisotopic (exact) mass is 366 g/mol. The Morgan fingerprint density at radius 2 is 2.00 bits per heavy atom. The molecule has 1 heterocycles. The fraction of sp³-hybridized carbons (Fsp3) is 0.250. The second-order valence-corrected chi connectivity index (χ2v) is 6.19. The molecule has 27 heavy (non-hydrogen) atoms. The SMILES string of the molecule is CCNC(=NCc1cccc(-c2ncn[nH]2)c1)N(C)Cc1ccc(F)cc1. The molecule has 0 atom stereocenters. The van der Waals surface area contributed by atoms with E-state index < -0.39 is 0 Å². The number of aliphatic imine (C=N–C) groups is 1.